The van der Waals surface area contributed by atoms with Crippen molar-refractivity contribution >= 4 is 12.4 Å². The van der Waals surface area contributed by atoms with E-state index in [0.717, 1.165) is 18.4 Å². The summed E-state index contributed by atoms with van der Waals surface area (Å²) in [6.45, 7) is 1.85. The van der Waals surface area contributed by atoms with Crippen LogP contribution in [0.15, 0.2) is 30.3 Å². The van der Waals surface area contributed by atoms with Gasteiger partial charge >= 0.3 is 5.97 Å². The summed E-state index contributed by atoms with van der Waals surface area (Å²) in [6.07, 6.45) is 2.49. The standard InChI is InChI=1S/C14H17NO3/c1-10(11-5-3-2-4-6-11)13(14(17)18)15(9-16)12-7-8-12/h2-6,9-10,12-13H,7-8H2,1H3,(H,17,18). The van der Waals surface area contributed by atoms with Crippen LogP contribution in [0, 0.1) is 0 Å². The van der Waals surface area contributed by atoms with Gasteiger partial charge in [-0.3, -0.25) is 4.79 Å². The fraction of sp³-hybridized carbons (Fsp3) is 0.429. The van der Waals surface area contributed by atoms with Crippen molar-refractivity contribution in [3.63, 3.8) is 0 Å². The zero-order valence-corrected chi connectivity index (χ0v) is 10.3. The van der Waals surface area contributed by atoms with Gasteiger partial charge < -0.3 is 10.0 Å². The number of hydrogen-bond acceptors (Lipinski definition) is 2. The van der Waals surface area contributed by atoms with Crippen LogP contribution in [-0.4, -0.2) is 34.5 Å². The minimum absolute atomic E-state index is 0.106. The SMILES string of the molecule is CC(c1ccccc1)C(C(=O)O)N(C=O)C1CC1. The number of hydrogen-bond donors (Lipinski definition) is 1. The number of benzene rings is 1. The maximum Gasteiger partial charge on any atom is 0.327 e. The summed E-state index contributed by atoms with van der Waals surface area (Å²) in [7, 11) is 0. The van der Waals surface area contributed by atoms with E-state index in [-0.39, 0.29) is 12.0 Å². The van der Waals surface area contributed by atoms with Gasteiger partial charge in [-0.05, 0) is 18.4 Å². The Morgan fingerprint density at radius 2 is 2.00 bits per heavy atom. The molecule has 2 unspecified atom stereocenters. The number of carbonyl (C=O) groups is 2. The van der Waals surface area contributed by atoms with Crippen molar-refractivity contribution in [2.45, 2.75) is 37.8 Å². The van der Waals surface area contributed by atoms with Gasteiger partial charge in [0.25, 0.3) is 0 Å². The van der Waals surface area contributed by atoms with Crippen molar-refractivity contribution in [2.75, 3.05) is 0 Å². The number of carbonyl (C=O) groups excluding carboxylic acids is 1. The first-order valence-corrected chi connectivity index (χ1v) is 6.15. The fourth-order valence-electron chi connectivity index (χ4n) is 2.29. The second-order valence-corrected chi connectivity index (χ2v) is 4.77. The van der Waals surface area contributed by atoms with E-state index in [1.54, 1.807) is 0 Å². The lowest BCUT2D eigenvalue weighted by molar-refractivity contribution is -0.147. The van der Waals surface area contributed by atoms with Gasteiger partial charge in [0, 0.05) is 12.0 Å². The highest BCUT2D eigenvalue weighted by atomic mass is 16.4. The third-order valence-corrected chi connectivity index (χ3v) is 3.46. The number of aliphatic carboxylic acids is 1. The molecule has 4 nitrogen and oxygen atoms in total. The number of amides is 1. The molecular formula is C14H17NO3. The molecule has 0 bridgehead atoms. The molecule has 2 rings (SSSR count). The first-order chi connectivity index (χ1) is 8.65. The quantitative estimate of drug-likeness (QED) is 0.781. The summed E-state index contributed by atoms with van der Waals surface area (Å²) in [5.41, 5.74) is 0.942. The Bertz CT molecular complexity index is 428. The largest absolute Gasteiger partial charge is 0.480 e. The first kappa shape index (κ1) is 12.6. The summed E-state index contributed by atoms with van der Waals surface area (Å²) in [6, 6.07) is 8.78. The van der Waals surface area contributed by atoms with Crippen molar-refractivity contribution in [3.8, 4) is 0 Å². The Kier molecular flexibility index (Phi) is 3.65. The highest BCUT2D eigenvalue weighted by molar-refractivity contribution is 5.78. The van der Waals surface area contributed by atoms with Gasteiger partial charge in [-0.25, -0.2) is 4.79 Å². The van der Waals surface area contributed by atoms with Crippen LogP contribution < -0.4 is 0 Å². The molecule has 1 fully saturated rings. The van der Waals surface area contributed by atoms with Crippen LogP contribution in [0.3, 0.4) is 0 Å². The third kappa shape index (κ3) is 2.53. The van der Waals surface area contributed by atoms with Crippen molar-refractivity contribution in [1.82, 2.24) is 4.90 Å². The monoisotopic (exact) mass is 247 g/mol. The van der Waals surface area contributed by atoms with Gasteiger partial charge in [-0.15, -0.1) is 0 Å². The molecule has 4 heteroatoms. The number of carboxylic acids is 1. The number of nitrogens with zero attached hydrogens (tertiary/aromatic N) is 1. The second kappa shape index (κ2) is 5.21. The smallest absolute Gasteiger partial charge is 0.327 e. The van der Waals surface area contributed by atoms with Crippen molar-refractivity contribution in [2.24, 2.45) is 0 Å². The van der Waals surface area contributed by atoms with Gasteiger partial charge in [0.1, 0.15) is 6.04 Å². The van der Waals surface area contributed by atoms with Crippen LogP contribution in [-0.2, 0) is 9.59 Å². The van der Waals surface area contributed by atoms with E-state index in [1.807, 2.05) is 37.3 Å². The number of rotatable bonds is 6. The van der Waals surface area contributed by atoms with Gasteiger partial charge in [-0.2, -0.15) is 0 Å². The Morgan fingerprint density at radius 3 is 2.44 bits per heavy atom. The lowest BCUT2D eigenvalue weighted by Crippen LogP contribution is -2.45. The van der Waals surface area contributed by atoms with Crippen molar-refractivity contribution < 1.29 is 14.7 Å². The Hall–Kier alpha value is -1.84. The van der Waals surface area contributed by atoms with Gasteiger partial charge in [0.05, 0.1) is 0 Å². The molecule has 1 saturated carbocycles. The average molecular weight is 247 g/mol. The first-order valence-electron chi connectivity index (χ1n) is 6.15. The van der Waals surface area contributed by atoms with Gasteiger partial charge in [0.2, 0.25) is 6.41 Å². The van der Waals surface area contributed by atoms with Gasteiger partial charge in [0.15, 0.2) is 0 Å². The molecule has 2 atom stereocenters. The van der Waals surface area contributed by atoms with Crippen LogP contribution in [0.1, 0.15) is 31.2 Å². The van der Waals surface area contributed by atoms with E-state index in [2.05, 4.69) is 0 Å². The third-order valence-electron chi connectivity index (χ3n) is 3.46. The fourth-order valence-corrected chi connectivity index (χ4v) is 2.29. The highest BCUT2D eigenvalue weighted by Gasteiger charge is 2.39. The van der Waals surface area contributed by atoms with Crippen molar-refractivity contribution in [1.29, 1.82) is 0 Å². The topological polar surface area (TPSA) is 57.6 Å². The minimum atomic E-state index is -0.939. The van der Waals surface area contributed by atoms with Crippen LogP contribution in [0.25, 0.3) is 0 Å². The predicted molar refractivity (Wildman–Crippen MR) is 67.2 cm³/mol. The molecule has 1 amide bonds. The summed E-state index contributed by atoms with van der Waals surface area (Å²) in [5.74, 6) is -1.15. The summed E-state index contributed by atoms with van der Waals surface area (Å²) in [5, 5.41) is 9.38. The van der Waals surface area contributed by atoms with E-state index < -0.39 is 12.0 Å². The van der Waals surface area contributed by atoms with Crippen LogP contribution in [0.2, 0.25) is 0 Å². The highest BCUT2D eigenvalue weighted by Crippen LogP contribution is 2.32. The normalized spacial score (nSPS) is 17.8. The van der Waals surface area contributed by atoms with Crippen molar-refractivity contribution in [3.05, 3.63) is 35.9 Å². The number of carboxylic acid groups (broad SMARTS) is 1. The Labute approximate surface area is 106 Å². The molecule has 1 aromatic rings. The zero-order valence-electron chi connectivity index (χ0n) is 10.3. The summed E-state index contributed by atoms with van der Waals surface area (Å²) < 4.78 is 0. The van der Waals surface area contributed by atoms with Gasteiger partial charge in [-0.1, -0.05) is 37.3 Å². The molecule has 18 heavy (non-hydrogen) atoms. The molecule has 1 aromatic carbocycles. The molecular weight excluding hydrogens is 230 g/mol. The van der Waals surface area contributed by atoms with E-state index in [4.69, 9.17) is 0 Å². The van der Waals surface area contributed by atoms with E-state index >= 15 is 0 Å². The molecule has 96 valence electrons. The van der Waals surface area contributed by atoms with E-state index in [0.29, 0.717) is 6.41 Å². The Morgan fingerprint density at radius 1 is 1.39 bits per heavy atom. The molecule has 1 N–H and O–H groups in total. The predicted octanol–water partition coefficient (Wildman–Crippen LogP) is 1.86. The molecule has 0 saturated heterocycles. The maximum atomic E-state index is 11.4. The molecule has 0 heterocycles. The second-order valence-electron chi connectivity index (χ2n) is 4.77. The van der Waals surface area contributed by atoms with Crippen LogP contribution in [0.4, 0.5) is 0 Å². The van der Waals surface area contributed by atoms with E-state index in [1.165, 1.54) is 4.90 Å². The molecule has 0 aliphatic heterocycles. The summed E-state index contributed by atoms with van der Waals surface area (Å²) >= 11 is 0. The molecule has 0 spiro atoms. The molecule has 0 radical (unpaired) electrons. The van der Waals surface area contributed by atoms with Crippen LogP contribution >= 0.6 is 0 Å². The Balaban J connectivity index is 2.24. The maximum absolute atomic E-state index is 11.4. The zero-order chi connectivity index (χ0) is 13.1. The lowest BCUT2D eigenvalue weighted by Gasteiger charge is -2.30. The lowest BCUT2D eigenvalue weighted by atomic mass is 9.92. The average Bonchev–Trinajstić information content (AvgIpc) is 3.20. The molecule has 1 aliphatic carbocycles. The molecule has 1 aliphatic rings. The van der Waals surface area contributed by atoms with Crippen LogP contribution in [0.5, 0.6) is 0 Å². The molecule has 0 aromatic heterocycles. The van der Waals surface area contributed by atoms with E-state index in [9.17, 15) is 14.7 Å². The minimum Gasteiger partial charge on any atom is -0.480 e. The summed E-state index contributed by atoms with van der Waals surface area (Å²) in [4.78, 5) is 24.0.